The van der Waals surface area contributed by atoms with Gasteiger partial charge in [-0.1, -0.05) is 50.5 Å². The maximum absolute atomic E-state index is 14.9. The lowest BCUT2D eigenvalue weighted by Gasteiger charge is -2.33. The molecule has 73 heavy (non-hydrogen) atoms. The number of nitrogens with zero attached hydrogens (tertiary/aromatic N) is 2. The van der Waals surface area contributed by atoms with Gasteiger partial charge in [0.05, 0.1) is 6.07 Å². The SMILES string of the molecule is CCCCCCc1ccc(C(=O)N[C@@H](CCCCNC(C)=O)C(=O)N[C@@H](CCN)C(=O)N(C)[C@@H]2C(=O)N[C@@H](C)C(=O)N[C@H](C(=O)NCC#N)Cc3ccc(OCCN)c(c3)-c3cc2ccc3OCCN)c(C)c1. The number of nitrogens with two attached hydrogens (primary N) is 3. The van der Waals surface area contributed by atoms with Gasteiger partial charge in [0, 0.05) is 56.7 Å². The van der Waals surface area contributed by atoms with Crippen molar-refractivity contribution < 1.29 is 43.0 Å². The summed E-state index contributed by atoms with van der Waals surface area (Å²) in [6.07, 6.45) is 6.31. The fourth-order valence-electron chi connectivity index (χ4n) is 8.54. The van der Waals surface area contributed by atoms with Gasteiger partial charge >= 0.3 is 0 Å². The van der Waals surface area contributed by atoms with E-state index in [0.29, 0.717) is 53.1 Å². The molecule has 3 aromatic carbocycles. The molecule has 0 unspecified atom stereocenters. The number of carbonyl (C=O) groups is 7. The Morgan fingerprint density at radius 3 is 2.15 bits per heavy atom. The Morgan fingerprint density at radius 1 is 0.808 bits per heavy atom. The molecule has 3 aromatic rings. The van der Waals surface area contributed by atoms with E-state index in [9.17, 15) is 38.8 Å². The average molecular weight is 1010 g/mol. The van der Waals surface area contributed by atoms with E-state index in [-0.39, 0.29) is 70.1 Å². The Balaban J connectivity index is 1.77. The van der Waals surface area contributed by atoms with Crippen LogP contribution in [0.5, 0.6) is 11.5 Å². The number of ether oxygens (including phenoxy) is 2. The molecule has 7 amide bonds. The molecule has 4 bridgehead atoms. The van der Waals surface area contributed by atoms with E-state index < -0.39 is 65.7 Å². The normalized spacial score (nSPS) is 16.2. The summed E-state index contributed by atoms with van der Waals surface area (Å²) in [6, 6.07) is 11.2. The van der Waals surface area contributed by atoms with Crippen LogP contribution >= 0.6 is 0 Å². The lowest BCUT2D eigenvalue weighted by Crippen LogP contribution is -2.57. The number of fused-ring (bicyclic) bond motifs is 5. The third kappa shape index (κ3) is 17.6. The summed E-state index contributed by atoms with van der Waals surface area (Å²) in [5.41, 5.74) is 21.8. The van der Waals surface area contributed by atoms with Gasteiger partial charge in [-0.15, -0.1) is 0 Å². The largest absolute Gasteiger partial charge is 0.492 e. The monoisotopic (exact) mass is 1010 g/mol. The fraction of sp³-hybridized carbons (Fsp3) is 0.509. The number of rotatable bonds is 26. The molecular formula is C53H75N11O9. The molecule has 20 nitrogen and oxygen atoms in total. The average Bonchev–Trinajstić information content (AvgIpc) is 3.36. The number of aryl methyl sites for hydroxylation is 2. The number of carbonyl (C=O) groups excluding carboxylic acids is 7. The van der Waals surface area contributed by atoms with Gasteiger partial charge in [-0.3, -0.25) is 33.6 Å². The van der Waals surface area contributed by atoms with Crippen LogP contribution in [0.3, 0.4) is 0 Å². The predicted octanol–water partition coefficient (Wildman–Crippen LogP) is 2.08. The lowest BCUT2D eigenvalue weighted by molar-refractivity contribution is -0.143. The summed E-state index contributed by atoms with van der Waals surface area (Å²) in [4.78, 5) is 97.9. The van der Waals surface area contributed by atoms with Crippen molar-refractivity contribution in [1.82, 2.24) is 36.8 Å². The minimum Gasteiger partial charge on any atom is -0.492 e. The third-order valence-electron chi connectivity index (χ3n) is 12.4. The molecule has 1 heterocycles. The topological polar surface area (TPSA) is 315 Å². The number of unbranched alkanes of at least 4 members (excludes halogenated alkanes) is 4. The second-order valence-electron chi connectivity index (χ2n) is 18.2. The molecule has 4 rings (SSSR count). The van der Waals surface area contributed by atoms with Crippen molar-refractivity contribution in [2.45, 2.75) is 122 Å². The molecule has 1 aliphatic rings. The third-order valence-corrected chi connectivity index (χ3v) is 12.4. The quantitative estimate of drug-likeness (QED) is 0.0412. The highest BCUT2D eigenvalue weighted by Gasteiger charge is 2.37. The summed E-state index contributed by atoms with van der Waals surface area (Å²) in [5.74, 6) is -3.50. The molecule has 0 aliphatic carbocycles. The van der Waals surface area contributed by atoms with Crippen LogP contribution in [0.1, 0.15) is 111 Å². The summed E-state index contributed by atoms with van der Waals surface area (Å²) in [5, 5.41) is 25.6. The van der Waals surface area contributed by atoms with Gasteiger partial charge in [-0.25, -0.2) is 0 Å². The Hall–Kier alpha value is -7.08. The van der Waals surface area contributed by atoms with Gasteiger partial charge in [-0.05, 0) is 112 Å². The second kappa shape index (κ2) is 30.1. The van der Waals surface area contributed by atoms with E-state index in [1.165, 1.54) is 20.9 Å². The molecule has 0 spiro atoms. The van der Waals surface area contributed by atoms with E-state index >= 15 is 0 Å². The van der Waals surface area contributed by atoms with E-state index in [2.05, 4.69) is 38.8 Å². The zero-order valence-corrected chi connectivity index (χ0v) is 42.9. The zero-order valence-electron chi connectivity index (χ0n) is 42.9. The first-order chi connectivity index (χ1) is 35.1. The van der Waals surface area contributed by atoms with Crippen molar-refractivity contribution in [3.05, 3.63) is 82.4 Å². The van der Waals surface area contributed by atoms with Crippen LogP contribution in [0.2, 0.25) is 0 Å². The fourth-order valence-corrected chi connectivity index (χ4v) is 8.54. The second-order valence-corrected chi connectivity index (χ2v) is 18.2. The maximum atomic E-state index is 14.9. The van der Waals surface area contributed by atoms with E-state index in [1.807, 2.05) is 25.1 Å². The smallest absolute Gasteiger partial charge is 0.252 e. The van der Waals surface area contributed by atoms with Gasteiger partial charge in [0.25, 0.3) is 5.91 Å². The predicted molar refractivity (Wildman–Crippen MR) is 277 cm³/mol. The first-order valence-electron chi connectivity index (χ1n) is 25.2. The molecule has 5 atom stereocenters. The first-order valence-corrected chi connectivity index (χ1v) is 25.2. The number of benzene rings is 3. The number of nitrogens with one attached hydrogen (secondary N) is 6. The highest BCUT2D eigenvalue weighted by atomic mass is 16.5. The maximum Gasteiger partial charge on any atom is 0.252 e. The van der Waals surface area contributed by atoms with Crippen LogP contribution in [0.15, 0.2) is 54.6 Å². The van der Waals surface area contributed by atoms with Crippen molar-refractivity contribution in [2.75, 3.05) is 53.0 Å². The number of amides is 7. The van der Waals surface area contributed by atoms with Gasteiger partial charge in [0.15, 0.2) is 0 Å². The van der Waals surface area contributed by atoms with Crippen molar-refractivity contribution in [3.8, 4) is 28.7 Å². The summed E-state index contributed by atoms with van der Waals surface area (Å²) < 4.78 is 12.2. The molecule has 0 aromatic heterocycles. The minimum absolute atomic E-state index is 0.0196. The van der Waals surface area contributed by atoms with Crippen LogP contribution in [0.4, 0.5) is 0 Å². The highest BCUT2D eigenvalue weighted by Crippen LogP contribution is 2.40. The van der Waals surface area contributed by atoms with Gasteiger partial charge in [0.1, 0.15) is 61.5 Å². The number of nitriles is 1. The minimum atomic E-state index is -1.46. The highest BCUT2D eigenvalue weighted by molar-refractivity contribution is 6.00. The van der Waals surface area contributed by atoms with Crippen molar-refractivity contribution in [3.63, 3.8) is 0 Å². The molecule has 0 saturated carbocycles. The molecule has 396 valence electrons. The van der Waals surface area contributed by atoms with Crippen LogP contribution in [-0.4, -0.2) is 123 Å². The van der Waals surface area contributed by atoms with E-state index in [1.54, 1.807) is 42.5 Å². The van der Waals surface area contributed by atoms with Gasteiger partial charge < -0.3 is 63.5 Å². The molecule has 0 fully saturated rings. The number of hydrogen-bond acceptors (Lipinski definition) is 13. The molecule has 1 aliphatic heterocycles. The first kappa shape index (κ1) is 58.5. The van der Waals surface area contributed by atoms with Crippen LogP contribution in [0.25, 0.3) is 11.1 Å². The summed E-state index contributed by atoms with van der Waals surface area (Å²) in [7, 11) is 1.39. The summed E-state index contributed by atoms with van der Waals surface area (Å²) >= 11 is 0. The molecule has 12 N–H and O–H groups in total. The van der Waals surface area contributed by atoms with Crippen molar-refractivity contribution >= 4 is 41.4 Å². The zero-order chi connectivity index (χ0) is 53.5. The Morgan fingerprint density at radius 2 is 1.51 bits per heavy atom. The standard InChI is InChI=1S/C53H75N11O9/c1-6-7-8-9-12-36-14-17-39(33(2)29-36)49(67)61-42(13-10-11-25-58-35(4)65)51(69)62-43(20-21-54)53(71)64(5)47-38-16-19-46(73-28-24-57)41(32-38)40-30-37(15-18-45(40)72-27-23-56)31-44(50(68)59-26-22-55)63-48(66)34(3)60-52(47)70/h14-19,29-30,32,34,42-44,47H,6-13,20-21,23-28,31,54,56-57H2,1-5H3,(H,58,65)(H,59,68)(H,60,70)(H,61,67)(H,62,69)(H,63,66)/t34-,42-,43-,44-,47-/m0/s1. The van der Waals surface area contributed by atoms with Crippen LogP contribution in [0, 0.1) is 18.3 Å². The van der Waals surface area contributed by atoms with Gasteiger partial charge in [0.2, 0.25) is 35.4 Å². The molecule has 20 heteroatoms. The lowest BCUT2D eigenvalue weighted by atomic mass is 9.93. The number of likely N-dealkylation sites (N-methyl/N-ethyl adjacent to an activating group) is 1. The van der Waals surface area contributed by atoms with Crippen molar-refractivity contribution in [1.29, 1.82) is 5.26 Å². The van der Waals surface area contributed by atoms with Crippen LogP contribution in [-0.2, 0) is 41.6 Å². The van der Waals surface area contributed by atoms with Crippen molar-refractivity contribution in [2.24, 2.45) is 17.2 Å². The van der Waals surface area contributed by atoms with Gasteiger partial charge in [-0.2, -0.15) is 5.26 Å². The molecule has 0 saturated heterocycles. The molecule has 0 radical (unpaired) electrons. The molecular weight excluding hydrogens is 935 g/mol. The summed E-state index contributed by atoms with van der Waals surface area (Å²) in [6.45, 7) is 7.39. The number of hydrogen-bond donors (Lipinski definition) is 9. The Labute approximate surface area is 428 Å². The Bertz CT molecular complexity index is 2430. The van der Waals surface area contributed by atoms with Crippen LogP contribution < -0.4 is 58.6 Å². The van der Waals surface area contributed by atoms with E-state index in [0.717, 1.165) is 48.1 Å². The van der Waals surface area contributed by atoms with E-state index in [4.69, 9.17) is 26.7 Å². The Kier molecular flexibility index (Phi) is 24.1.